The zero-order chi connectivity index (χ0) is 26.7. The lowest BCUT2D eigenvalue weighted by atomic mass is 9.33. The van der Waals surface area contributed by atoms with Gasteiger partial charge in [0.2, 0.25) is 0 Å². The van der Waals surface area contributed by atoms with Crippen LogP contribution in [-0.4, -0.2) is 56.4 Å². The largest absolute Gasteiger partial charge is 0.481 e. The van der Waals surface area contributed by atoms with Crippen molar-refractivity contribution >= 4 is 5.97 Å². The van der Waals surface area contributed by atoms with Crippen LogP contribution in [0.5, 0.6) is 0 Å². The first-order valence-corrected chi connectivity index (χ1v) is 14.1. The normalized spacial score (nSPS) is 55.9. The fraction of sp³-hybridized carbons (Fsp3) is 0.900. The number of allylic oxidation sites excluding steroid dienone is 2. The Labute approximate surface area is 216 Å². The van der Waals surface area contributed by atoms with Crippen LogP contribution in [0.25, 0.3) is 0 Å². The molecule has 11 atom stereocenters. The third kappa shape index (κ3) is 3.08. The highest BCUT2D eigenvalue weighted by molar-refractivity contribution is 5.76. The maximum Gasteiger partial charge on any atom is 0.310 e. The van der Waals surface area contributed by atoms with Crippen molar-refractivity contribution in [1.29, 1.82) is 0 Å². The maximum absolute atomic E-state index is 12.8. The summed E-state index contributed by atoms with van der Waals surface area (Å²) in [4.78, 5) is 12.8. The summed E-state index contributed by atoms with van der Waals surface area (Å²) in [5, 5.41) is 54.6. The molecule has 0 heterocycles. The van der Waals surface area contributed by atoms with E-state index in [9.17, 15) is 30.3 Å². The van der Waals surface area contributed by atoms with E-state index in [4.69, 9.17) is 0 Å². The molecule has 6 nitrogen and oxygen atoms in total. The van der Waals surface area contributed by atoms with Crippen LogP contribution in [0.2, 0.25) is 0 Å². The predicted octanol–water partition coefficient (Wildman–Crippen LogP) is 4.15. The predicted molar refractivity (Wildman–Crippen MR) is 137 cm³/mol. The molecule has 0 aliphatic heterocycles. The van der Waals surface area contributed by atoms with Crippen molar-refractivity contribution in [3.8, 4) is 0 Å². The Bertz CT molecular complexity index is 974. The monoisotopic (exact) mass is 504 g/mol. The summed E-state index contributed by atoms with van der Waals surface area (Å²) in [6, 6.07) is 0. The molecule has 0 unspecified atom stereocenters. The fourth-order valence-electron chi connectivity index (χ4n) is 10.9. The first kappa shape index (κ1) is 26.6. The Morgan fingerprint density at radius 3 is 2.17 bits per heavy atom. The Kier molecular flexibility index (Phi) is 5.77. The van der Waals surface area contributed by atoms with Crippen LogP contribution in [0.15, 0.2) is 11.6 Å². The number of fused-ring (bicyclic) bond motifs is 7. The molecule has 5 aliphatic carbocycles. The number of carboxylic acid groups (broad SMARTS) is 1. The molecule has 5 aliphatic rings. The van der Waals surface area contributed by atoms with E-state index < -0.39 is 40.5 Å². The first-order chi connectivity index (χ1) is 16.5. The van der Waals surface area contributed by atoms with Crippen LogP contribution >= 0.6 is 0 Å². The van der Waals surface area contributed by atoms with Gasteiger partial charge in [0.15, 0.2) is 0 Å². The molecule has 5 N–H and O–H groups in total. The second-order valence-electron chi connectivity index (χ2n) is 15.2. The molecule has 0 aromatic heterocycles. The van der Waals surface area contributed by atoms with Gasteiger partial charge in [-0.25, -0.2) is 0 Å². The van der Waals surface area contributed by atoms with Gasteiger partial charge >= 0.3 is 5.97 Å². The highest BCUT2D eigenvalue weighted by Crippen LogP contribution is 2.75. The molecule has 5 rings (SSSR count). The third-order valence-electron chi connectivity index (χ3n) is 13.0. The van der Waals surface area contributed by atoms with Gasteiger partial charge in [0, 0.05) is 11.3 Å². The lowest BCUT2D eigenvalue weighted by Gasteiger charge is -2.72. The molecule has 0 saturated heterocycles. The average molecular weight is 505 g/mol. The molecule has 0 bridgehead atoms. The van der Waals surface area contributed by atoms with Crippen molar-refractivity contribution in [3.05, 3.63) is 11.6 Å². The van der Waals surface area contributed by atoms with E-state index in [1.54, 1.807) is 0 Å². The number of carbonyl (C=O) groups is 1. The van der Waals surface area contributed by atoms with Gasteiger partial charge in [-0.3, -0.25) is 4.79 Å². The summed E-state index contributed by atoms with van der Waals surface area (Å²) >= 11 is 0. The Hall–Kier alpha value is -0.950. The number of rotatable bonds is 2. The van der Waals surface area contributed by atoms with Crippen molar-refractivity contribution in [2.45, 2.75) is 111 Å². The van der Waals surface area contributed by atoms with E-state index >= 15 is 0 Å². The minimum absolute atomic E-state index is 0.000534. The Balaban J connectivity index is 1.64. The topological polar surface area (TPSA) is 118 Å². The number of hydrogen-bond donors (Lipinski definition) is 5. The number of carboxylic acids is 1. The van der Waals surface area contributed by atoms with E-state index in [0.717, 1.165) is 32.1 Å². The second kappa shape index (κ2) is 7.80. The van der Waals surface area contributed by atoms with Crippen molar-refractivity contribution in [3.63, 3.8) is 0 Å². The van der Waals surface area contributed by atoms with Gasteiger partial charge in [0.1, 0.15) is 0 Å². The number of hydrogen-bond acceptors (Lipinski definition) is 5. The molecule has 0 spiro atoms. The number of aliphatic carboxylic acids is 1. The van der Waals surface area contributed by atoms with Crippen molar-refractivity contribution in [2.24, 2.45) is 50.2 Å². The summed E-state index contributed by atoms with van der Waals surface area (Å²) in [6.45, 7) is 12.8. The molecule has 0 amide bonds. The summed E-state index contributed by atoms with van der Waals surface area (Å²) in [6.07, 6.45) is 5.27. The lowest BCUT2D eigenvalue weighted by Crippen LogP contribution is -2.71. The minimum atomic E-state index is -1.08. The molecule has 6 heteroatoms. The van der Waals surface area contributed by atoms with Gasteiger partial charge < -0.3 is 25.5 Å². The fourth-order valence-corrected chi connectivity index (χ4v) is 10.9. The molecule has 4 fully saturated rings. The van der Waals surface area contributed by atoms with Crippen LogP contribution < -0.4 is 0 Å². The summed E-state index contributed by atoms with van der Waals surface area (Å²) < 4.78 is 0. The van der Waals surface area contributed by atoms with Crippen LogP contribution in [0.4, 0.5) is 0 Å². The number of aliphatic hydroxyl groups excluding tert-OH is 4. The third-order valence-corrected chi connectivity index (χ3v) is 13.0. The Morgan fingerprint density at radius 2 is 1.56 bits per heavy atom. The summed E-state index contributed by atoms with van der Waals surface area (Å²) in [5.41, 5.74) is -1.32. The van der Waals surface area contributed by atoms with Crippen LogP contribution in [0.3, 0.4) is 0 Å². The summed E-state index contributed by atoms with van der Waals surface area (Å²) in [5.74, 6) is -0.842. The van der Waals surface area contributed by atoms with E-state index in [2.05, 4.69) is 40.7 Å². The molecule has 0 radical (unpaired) electrons. The van der Waals surface area contributed by atoms with Gasteiger partial charge in [-0.1, -0.05) is 53.2 Å². The quantitative estimate of drug-likeness (QED) is 0.361. The first-order valence-electron chi connectivity index (χ1n) is 14.1. The molecule has 204 valence electrons. The highest BCUT2D eigenvalue weighted by atomic mass is 16.4. The van der Waals surface area contributed by atoms with Gasteiger partial charge in [0.05, 0.1) is 30.3 Å². The highest BCUT2D eigenvalue weighted by Gasteiger charge is 2.72. The number of aliphatic hydroxyl groups is 4. The van der Waals surface area contributed by atoms with Crippen LogP contribution in [0, 0.1) is 50.2 Å². The molecule has 0 aromatic rings. The molecule has 4 saturated carbocycles. The van der Waals surface area contributed by atoms with E-state index in [1.165, 1.54) is 5.57 Å². The van der Waals surface area contributed by atoms with Gasteiger partial charge in [0.25, 0.3) is 0 Å². The molecule has 0 aromatic carbocycles. The second-order valence-corrected chi connectivity index (χ2v) is 15.2. The lowest BCUT2D eigenvalue weighted by molar-refractivity contribution is -0.273. The van der Waals surface area contributed by atoms with E-state index in [1.807, 2.05) is 6.92 Å². The minimum Gasteiger partial charge on any atom is -0.481 e. The van der Waals surface area contributed by atoms with Crippen molar-refractivity contribution in [2.75, 3.05) is 6.61 Å². The zero-order valence-electron chi connectivity index (χ0n) is 23.0. The van der Waals surface area contributed by atoms with Gasteiger partial charge in [-0.15, -0.1) is 0 Å². The standard InChI is InChI=1S/C30H48O6/c1-25(2)9-11-30(24(35)36)12-10-28(5)17(18(30)13-25)7-8-21-26(3)14-20(33)23(34)27(4,16-31)22(26)19(32)15-29(21,28)6/h7,18-23,31-34H,8-16H2,1-6H3,(H,35,36)/t18-,19-,20-,21+,22+,23-,26+,27-,28+,29+,30-/m0/s1. The van der Waals surface area contributed by atoms with E-state index in [0.29, 0.717) is 19.3 Å². The van der Waals surface area contributed by atoms with E-state index in [-0.39, 0.29) is 40.6 Å². The van der Waals surface area contributed by atoms with Crippen molar-refractivity contribution in [1.82, 2.24) is 0 Å². The summed E-state index contributed by atoms with van der Waals surface area (Å²) in [7, 11) is 0. The zero-order valence-corrected chi connectivity index (χ0v) is 23.0. The van der Waals surface area contributed by atoms with Crippen molar-refractivity contribution < 1.29 is 30.3 Å². The average Bonchev–Trinajstić information content (AvgIpc) is 2.77. The maximum atomic E-state index is 12.8. The van der Waals surface area contributed by atoms with Gasteiger partial charge in [-0.2, -0.15) is 0 Å². The smallest absolute Gasteiger partial charge is 0.310 e. The SMILES string of the molecule is CC1(C)CC[C@]2(C(=O)O)CC[C@]3(C)C(=CC[C@@H]4[C@@]5(C)C[C@H](O)[C@H](O)[C@@](C)(CO)[C@@H]5[C@@H](O)C[C@]43C)[C@@H]2C1. The molecular weight excluding hydrogens is 456 g/mol. The van der Waals surface area contributed by atoms with Crippen LogP contribution in [-0.2, 0) is 4.79 Å². The van der Waals surface area contributed by atoms with Gasteiger partial charge in [-0.05, 0) is 84.9 Å². The Morgan fingerprint density at radius 1 is 0.917 bits per heavy atom. The molecule has 36 heavy (non-hydrogen) atoms. The molecular formula is C30H48O6. The van der Waals surface area contributed by atoms with Crippen LogP contribution in [0.1, 0.15) is 92.9 Å².